The van der Waals surface area contributed by atoms with Gasteiger partial charge in [-0.15, -0.1) is 0 Å². The minimum atomic E-state index is -3.00. The molecule has 2 rings (SSSR count). The molecular weight excluding hydrogens is 256 g/mol. The van der Waals surface area contributed by atoms with Crippen LogP contribution in [0.3, 0.4) is 0 Å². The van der Waals surface area contributed by atoms with Crippen molar-refractivity contribution in [2.24, 2.45) is 5.41 Å². The summed E-state index contributed by atoms with van der Waals surface area (Å²) in [7, 11) is -3.00. The van der Waals surface area contributed by atoms with E-state index in [0.717, 1.165) is 25.4 Å². The van der Waals surface area contributed by atoms with Crippen LogP contribution in [-0.2, 0) is 10.0 Å². The van der Waals surface area contributed by atoms with Crippen LogP contribution in [0.15, 0.2) is 0 Å². The van der Waals surface area contributed by atoms with Crippen molar-refractivity contribution in [1.29, 1.82) is 0 Å². The summed E-state index contributed by atoms with van der Waals surface area (Å²) in [5.74, 6) is 0.958. The van der Waals surface area contributed by atoms with Crippen LogP contribution in [0, 0.1) is 5.41 Å². The molecule has 0 N–H and O–H groups in total. The molecule has 2 aliphatic rings. The van der Waals surface area contributed by atoms with E-state index < -0.39 is 10.0 Å². The Hall–Kier alpha value is 0.220. The zero-order valence-corrected chi connectivity index (χ0v) is 12.1. The van der Waals surface area contributed by atoms with Crippen molar-refractivity contribution < 1.29 is 8.42 Å². The van der Waals surface area contributed by atoms with Gasteiger partial charge in [0.05, 0.1) is 6.26 Å². The van der Waals surface area contributed by atoms with Gasteiger partial charge >= 0.3 is 0 Å². The predicted molar refractivity (Wildman–Crippen MR) is 73.0 cm³/mol. The van der Waals surface area contributed by atoms with Gasteiger partial charge in [-0.2, -0.15) is 16.9 Å². The Morgan fingerprint density at radius 1 is 1.18 bits per heavy atom. The van der Waals surface area contributed by atoms with Crippen LogP contribution in [0.1, 0.15) is 19.3 Å². The number of hydrogen-bond donors (Lipinski definition) is 1. The van der Waals surface area contributed by atoms with E-state index in [2.05, 4.69) is 17.5 Å². The van der Waals surface area contributed by atoms with Gasteiger partial charge in [0.2, 0.25) is 10.0 Å². The number of thiol groups is 1. The molecular formula is C11H22N2O2S2. The highest BCUT2D eigenvalue weighted by atomic mass is 32.2. The highest BCUT2D eigenvalue weighted by Gasteiger charge is 2.38. The third kappa shape index (κ3) is 3.16. The lowest BCUT2D eigenvalue weighted by molar-refractivity contribution is 0.0708. The average molecular weight is 278 g/mol. The second-order valence-corrected chi connectivity index (χ2v) is 7.75. The Balaban J connectivity index is 1.83. The van der Waals surface area contributed by atoms with E-state index in [4.69, 9.17) is 0 Å². The molecule has 1 aliphatic heterocycles. The number of piperazine rings is 1. The maximum Gasteiger partial charge on any atom is 0.211 e. The second-order valence-electron chi connectivity index (χ2n) is 5.45. The summed E-state index contributed by atoms with van der Waals surface area (Å²) in [6.45, 7) is 4.10. The molecule has 4 nitrogen and oxygen atoms in total. The van der Waals surface area contributed by atoms with Gasteiger partial charge in [0, 0.05) is 32.7 Å². The maximum absolute atomic E-state index is 11.4. The first-order valence-electron chi connectivity index (χ1n) is 6.24. The molecule has 0 aromatic heterocycles. The Labute approximate surface area is 110 Å². The fraction of sp³-hybridized carbons (Fsp3) is 1.00. The molecule has 6 heteroatoms. The third-order valence-corrected chi connectivity index (χ3v) is 6.08. The Morgan fingerprint density at radius 3 is 2.12 bits per heavy atom. The van der Waals surface area contributed by atoms with Gasteiger partial charge in [0.25, 0.3) is 0 Å². The third-order valence-electron chi connectivity index (χ3n) is 4.11. The molecule has 0 spiro atoms. The molecule has 2 fully saturated rings. The summed E-state index contributed by atoms with van der Waals surface area (Å²) in [4.78, 5) is 2.40. The monoisotopic (exact) mass is 278 g/mol. The highest BCUT2D eigenvalue weighted by molar-refractivity contribution is 7.88. The summed E-state index contributed by atoms with van der Waals surface area (Å²) in [6.07, 6.45) is 5.18. The van der Waals surface area contributed by atoms with Crippen molar-refractivity contribution in [2.75, 3.05) is 44.7 Å². The number of rotatable bonds is 4. The van der Waals surface area contributed by atoms with Crippen LogP contribution in [0.2, 0.25) is 0 Å². The average Bonchev–Trinajstić information content (AvgIpc) is 2.23. The zero-order chi connectivity index (χ0) is 12.5. The number of sulfonamides is 1. The SMILES string of the molecule is CS(=O)(=O)N1CCN(CC2(CS)CCC2)CC1. The van der Waals surface area contributed by atoms with Gasteiger partial charge in [-0.1, -0.05) is 6.42 Å². The summed E-state index contributed by atoms with van der Waals surface area (Å²) < 4.78 is 24.4. The van der Waals surface area contributed by atoms with E-state index in [1.807, 2.05) is 0 Å². The topological polar surface area (TPSA) is 40.6 Å². The van der Waals surface area contributed by atoms with Crippen LogP contribution >= 0.6 is 12.6 Å². The Kier molecular flexibility index (Phi) is 4.07. The van der Waals surface area contributed by atoms with Crippen molar-refractivity contribution in [3.8, 4) is 0 Å². The lowest BCUT2D eigenvalue weighted by Gasteiger charge is -2.46. The first-order chi connectivity index (χ1) is 7.95. The molecule has 0 radical (unpaired) electrons. The smallest absolute Gasteiger partial charge is 0.211 e. The quantitative estimate of drug-likeness (QED) is 0.768. The molecule has 1 saturated heterocycles. The second kappa shape index (κ2) is 5.07. The van der Waals surface area contributed by atoms with E-state index in [0.29, 0.717) is 18.5 Å². The fourth-order valence-corrected chi connectivity index (χ4v) is 3.98. The van der Waals surface area contributed by atoms with Gasteiger partial charge in [-0.25, -0.2) is 8.42 Å². The Bertz CT molecular complexity index is 352. The molecule has 1 heterocycles. The normalized spacial score (nSPS) is 26.7. The minimum absolute atomic E-state index is 0.413. The molecule has 1 saturated carbocycles. The van der Waals surface area contributed by atoms with Crippen LogP contribution in [0.5, 0.6) is 0 Å². The number of hydrogen-bond acceptors (Lipinski definition) is 4. The molecule has 0 atom stereocenters. The largest absolute Gasteiger partial charge is 0.300 e. The van der Waals surface area contributed by atoms with E-state index >= 15 is 0 Å². The standard InChI is InChI=1S/C11H22N2O2S2/c1-17(14,15)13-7-5-12(6-8-13)9-11(10-16)3-2-4-11/h16H,2-10H2,1H3. The molecule has 100 valence electrons. The van der Waals surface area contributed by atoms with Gasteiger partial charge in [-0.05, 0) is 24.0 Å². The van der Waals surface area contributed by atoms with Gasteiger partial charge in [-0.3, -0.25) is 0 Å². The molecule has 0 bridgehead atoms. The molecule has 1 aliphatic carbocycles. The van der Waals surface area contributed by atoms with Crippen molar-refractivity contribution in [3.63, 3.8) is 0 Å². The van der Waals surface area contributed by atoms with Gasteiger partial charge < -0.3 is 4.90 Å². The lowest BCUT2D eigenvalue weighted by Crippen LogP contribution is -2.52. The highest BCUT2D eigenvalue weighted by Crippen LogP contribution is 2.42. The molecule has 0 aromatic carbocycles. The van der Waals surface area contributed by atoms with Crippen LogP contribution < -0.4 is 0 Å². The van der Waals surface area contributed by atoms with Gasteiger partial charge in [0.1, 0.15) is 0 Å². The van der Waals surface area contributed by atoms with Crippen molar-refractivity contribution in [2.45, 2.75) is 19.3 Å². The fourth-order valence-electron chi connectivity index (χ4n) is 2.74. The molecule has 17 heavy (non-hydrogen) atoms. The zero-order valence-electron chi connectivity index (χ0n) is 10.4. The molecule has 0 aromatic rings. The van der Waals surface area contributed by atoms with Crippen molar-refractivity contribution in [1.82, 2.24) is 9.21 Å². The lowest BCUT2D eigenvalue weighted by atomic mass is 9.70. The van der Waals surface area contributed by atoms with E-state index in [1.165, 1.54) is 25.5 Å². The predicted octanol–water partition coefficient (Wildman–Crippen LogP) is 0.664. The van der Waals surface area contributed by atoms with E-state index in [9.17, 15) is 8.42 Å². The molecule has 0 amide bonds. The van der Waals surface area contributed by atoms with Gasteiger partial charge in [0.15, 0.2) is 0 Å². The minimum Gasteiger partial charge on any atom is -0.300 e. The number of nitrogens with zero attached hydrogens (tertiary/aromatic N) is 2. The van der Waals surface area contributed by atoms with Crippen molar-refractivity contribution >= 4 is 22.7 Å². The van der Waals surface area contributed by atoms with Crippen LogP contribution in [0.4, 0.5) is 0 Å². The summed E-state index contributed by atoms with van der Waals surface area (Å²) in [6, 6.07) is 0. The summed E-state index contributed by atoms with van der Waals surface area (Å²) in [5.41, 5.74) is 0.413. The summed E-state index contributed by atoms with van der Waals surface area (Å²) >= 11 is 4.46. The van der Waals surface area contributed by atoms with E-state index in [-0.39, 0.29) is 0 Å². The first kappa shape index (κ1) is 13.6. The van der Waals surface area contributed by atoms with Crippen molar-refractivity contribution in [3.05, 3.63) is 0 Å². The Morgan fingerprint density at radius 2 is 1.76 bits per heavy atom. The maximum atomic E-state index is 11.4. The first-order valence-corrected chi connectivity index (χ1v) is 8.72. The van der Waals surface area contributed by atoms with Crippen LogP contribution in [0.25, 0.3) is 0 Å². The molecule has 0 unspecified atom stereocenters. The summed E-state index contributed by atoms with van der Waals surface area (Å²) in [5, 5.41) is 0. The van der Waals surface area contributed by atoms with E-state index in [1.54, 1.807) is 4.31 Å². The van der Waals surface area contributed by atoms with Crippen LogP contribution in [-0.4, -0.2) is 62.4 Å².